The fraction of sp³-hybridized carbons (Fsp3) is 0.520. The molecule has 2 rings (SSSR count). The van der Waals surface area contributed by atoms with Gasteiger partial charge in [0, 0.05) is 17.6 Å². The number of hydrogen-bond acceptors (Lipinski definition) is 5. The van der Waals surface area contributed by atoms with Crippen LogP contribution in [0.5, 0.6) is 23.0 Å². The van der Waals surface area contributed by atoms with Crippen molar-refractivity contribution in [1.29, 1.82) is 0 Å². The first-order chi connectivity index (χ1) is 14.2. The van der Waals surface area contributed by atoms with Gasteiger partial charge in [0.2, 0.25) is 0 Å². The van der Waals surface area contributed by atoms with Crippen LogP contribution in [0, 0.1) is 11.3 Å². The molecule has 0 aliphatic heterocycles. The Morgan fingerprint density at radius 1 is 0.900 bits per heavy atom. The Morgan fingerprint density at radius 2 is 1.47 bits per heavy atom. The molecular weight excluding hydrogens is 380 g/mol. The molecule has 2 aromatic rings. The van der Waals surface area contributed by atoms with Gasteiger partial charge in [-0.25, -0.2) is 0 Å². The Balaban J connectivity index is 2.84. The van der Waals surface area contributed by atoms with Gasteiger partial charge < -0.3 is 23.7 Å². The molecule has 0 aliphatic rings. The van der Waals surface area contributed by atoms with Gasteiger partial charge in [0.25, 0.3) is 0 Å². The number of methoxy groups -OCH3 is 4. The molecule has 0 fully saturated rings. The first-order valence-electron chi connectivity index (χ1n) is 10.3. The highest BCUT2D eigenvalue weighted by Gasteiger charge is 2.34. The number of hydrogen-bond donors (Lipinski definition) is 0. The Morgan fingerprint density at radius 3 is 1.93 bits per heavy atom. The lowest BCUT2D eigenvalue weighted by Gasteiger charge is -2.34. The van der Waals surface area contributed by atoms with Gasteiger partial charge in [-0.15, -0.1) is 6.58 Å². The predicted molar refractivity (Wildman–Crippen MR) is 122 cm³/mol. The molecule has 0 heterocycles. The van der Waals surface area contributed by atoms with E-state index in [1.807, 2.05) is 24.3 Å². The lowest BCUT2D eigenvalue weighted by Crippen LogP contribution is -2.24. The summed E-state index contributed by atoms with van der Waals surface area (Å²) in [5.74, 6) is 3.28. The fourth-order valence-corrected chi connectivity index (χ4v) is 3.61. The Kier molecular flexibility index (Phi) is 8.02. The van der Waals surface area contributed by atoms with Gasteiger partial charge >= 0.3 is 0 Å². The molecule has 0 spiro atoms. The smallest absolute Gasteiger partial charge is 0.136 e. The molecule has 5 heteroatoms. The van der Waals surface area contributed by atoms with E-state index < -0.39 is 0 Å². The normalized spacial score (nSPS) is 12.7. The van der Waals surface area contributed by atoms with Gasteiger partial charge in [0.1, 0.15) is 23.0 Å². The van der Waals surface area contributed by atoms with E-state index in [1.54, 1.807) is 28.4 Å². The monoisotopic (exact) mass is 416 g/mol. The summed E-state index contributed by atoms with van der Waals surface area (Å²) in [6.45, 7) is 13.3. The van der Waals surface area contributed by atoms with Crippen molar-refractivity contribution in [2.45, 2.75) is 40.2 Å². The highest BCUT2D eigenvalue weighted by Crippen LogP contribution is 2.51. The van der Waals surface area contributed by atoms with Gasteiger partial charge in [0.05, 0.1) is 45.3 Å². The van der Waals surface area contributed by atoms with Crippen LogP contribution in [0.2, 0.25) is 0 Å². The van der Waals surface area contributed by atoms with Crippen molar-refractivity contribution < 1.29 is 23.7 Å². The third kappa shape index (κ3) is 4.67. The van der Waals surface area contributed by atoms with Gasteiger partial charge in [-0.3, -0.25) is 0 Å². The summed E-state index contributed by atoms with van der Waals surface area (Å²) in [5, 5.41) is 1.60. The highest BCUT2D eigenvalue weighted by molar-refractivity contribution is 6.03. The molecule has 1 unspecified atom stereocenters. The van der Waals surface area contributed by atoms with E-state index in [1.165, 1.54) is 0 Å². The summed E-state index contributed by atoms with van der Waals surface area (Å²) in [7, 11) is 6.59. The second-order valence-electron chi connectivity index (χ2n) is 8.38. The molecule has 0 aliphatic carbocycles. The van der Waals surface area contributed by atoms with E-state index in [0.29, 0.717) is 35.5 Å². The average Bonchev–Trinajstić information content (AvgIpc) is 2.74. The third-order valence-electron chi connectivity index (χ3n) is 5.48. The number of ether oxygens (including phenoxy) is 5. The summed E-state index contributed by atoms with van der Waals surface area (Å²) < 4.78 is 29.4. The molecule has 0 saturated carbocycles. The topological polar surface area (TPSA) is 46.2 Å². The number of benzene rings is 2. The van der Waals surface area contributed by atoms with Gasteiger partial charge in [-0.05, 0) is 30.5 Å². The molecule has 1 atom stereocenters. The molecule has 0 amide bonds. The van der Waals surface area contributed by atoms with Crippen LogP contribution in [0.4, 0.5) is 0 Å². The molecule has 0 N–H and O–H groups in total. The van der Waals surface area contributed by atoms with Gasteiger partial charge in [0.15, 0.2) is 0 Å². The first kappa shape index (κ1) is 23.9. The summed E-state index contributed by atoms with van der Waals surface area (Å²) in [5.41, 5.74) is 0.553. The number of rotatable bonds is 11. The molecule has 30 heavy (non-hydrogen) atoms. The largest absolute Gasteiger partial charge is 0.496 e. The first-order valence-corrected chi connectivity index (χ1v) is 10.3. The van der Waals surface area contributed by atoms with Crippen LogP contribution < -0.4 is 18.9 Å². The maximum Gasteiger partial charge on any atom is 0.136 e. The molecule has 0 saturated heterocycles. The zero-order valence-electron chi connectivity index (χ0n) is 19.6. The zero-order chi connectivity index (χ0) is 22.5. The maximum atomic E-state index is 6.44. The van der Waals surface area contributed by atoms with E-state index in [-0.39, 0.29) is 11.5 Å². The fourth-order valence-electron chi connectivity index (χ4n) is 3.61. The molecule has 0 aromatic heterocycles. The van der Waals surface area contributed by atoms with Crippen LogP contribution in [-0.4, -0.2) is 35.0 Å². The molecule has 5 nitrogen and oxygen atoms in total. The van der Waals surface area contributed by atoms with E-state index >= 15 is 0 Å². The second-order valence-corrected chi connectivity index (χ2v) is 8.38. The van der Waals surface area contributed by atoms with Crippen molar-refractivity contribution in [3.63, 3.8) is 0 Å². The van der Waals surface area contributed by atoms with Crippen LogP contribution in [0.1, 0.15) is 45.8 Å². The summed E-state index contributed by atoms with van der Waals surface area (Å²) in [6.07, 6.45) is 2.61. The zero-order valence-corrected chi connectivity index (χ0v) is 19.6. The van der Waals surface area contributed by atoms with E-state index in [0.717, 1.165) is 22.8 Å². The lowest BCUT2D eigenvalue weighted by molar-refractivity contribution is -0.0132. The Labute approximate surface area is 180 Å². The standard InChI is InChI=1S/C25H36O5/c1-10-25(4,5)24(30-14-13-16(2)3)17-15-20(28-8)21-18(26-6)11-12-19(27-7)22(21)23(17)29-9/h10-12,15-16,24H,1,13-14H2,2-9H3. The van der Waals surface area contributed by atoms with Crippen molar-refractivity contribution in [3.05, 3.63) is 36.4 Å². The molecule has 0 bridgehead atoms. The minimum atomic E-state index is -0.338. The lowest BCUT2D eigenvalue weighted by atomic mass is 9.81. The van der Waals surface area contributed by atoms with Crippen molar-refractivity contribution in [3.8, 4) is 23.0 Å². The van der Waals surface area contributed by atoms with Crippen LogP contribution in [0.15, 0.2) is 30.9 Å². The average molecular weight is 417 g/mol. The summed E-state index contributed by atoms with van der Waals surface area (Å²) in [6, 6.07) is 5.72. The molecule has 0 radical (unpaired) electrons. The Hall–Kier alpha value is -2.40. The summed E-state index contributed by atoms with van der Waals surface area (Å²) in [4.78, 5) is 0. The minimum Gasteiger partial charge on any atom is -0.496 e. The quantitative estimate of drug-likeness (QED) is 0.409. The predicted octanol–water partition coefficient (Wildman–Crippen LogP) is 6.19. The van der Waals surface area contributed by atoms with Gasteiger partial charge in [-0.2, -0.15) is 0 Å². The van der Waals surface area contributed by atoms with Crippen molar-refractivity contribution >= 4 is 10.8 Å². The SMILES string of the molecule is C=CC(C)(C)C(OCCC(C)C)c1cc(OC)c2c(OC)ccc(OC)c2c1OC. The van der Waals surface area contributed by atoms with Crippen molar-refractivity contribution in [2.75, 3.05) is 35.0 Å². The van der Waals surface area contributed by atoms with E-state index in [9.17, 15) is 0 Å². The Bertz CT molecular complexity index is 870. The number of fused-ring (bicyclic) bond motifs is 1. The van der Waals surface area contributed by atoms with E-state index in [4.69, 9.17) is 23.7 Å². The van der Waals surface area contributed by atoms with Crippen LogP contribution in [-0.2, 0) is 4.74 Å². The minimum absolute atomic E-state index is 0.280. The third-order valence-corrected chi connectivity index (χ3v) is 5.48. The van der Waals surface area contributed by atoms with Crippen LogP contribution in [0.3, 0.4) is 0 Å². The highest BCUT2D eigenvalue weighted by atomic mass is 16.5. The maximum absolute atomic E-state index is 6.44. The molecule has 2 aromatic carbocycles. The summed E-state index contributed by atoms with van der Waals surface area (Å²) >= 11 is 0. The molecular formula is C25H36O5. The van der Waals surface area contributed by atoms with E-state index in [2.05, 4.69) is 34.3 Å². The van der Waals surface area contributed by atoms with Crippen molar-refractivity contribution in [1.82, 2.24) is 0 Å². The van der Waals surface area contributed by atoms with Crippen LogP contribution >= 0.6 is 0 Å². The van der Waals surface area contributed by atoms with Crippen LogP contribution in [0.25, 0.3) is 10.8 Å². The van der Waals surface area contributed by atoms with Gasteiger partial charge in [-0.1, -0.05) is 33.8 Å². The second kappa shape index (κ2) is 10.1. The molecule has 166 valence electrons. The van der Waals surface area contributed by atoms with Crippen molar-refractivity contribution in [2.24, 2.45) is 11.3 Å².